The summed E-state index contributed by atoms with van der Waals surface area (Å²) < 4.78 is 37.5. The van der Waals surface area contributed by atoms with Crippen LogP contribution in [0.2, 0.25) is 0 Å². The van der Waals surface area contributed by atoms with E-state index in [0.717, 1.165) is 12.3 Å². The van der Waals surface area contributed by atoms with Gasteiger partial charge in [0.2, 0.25) is 0 Å². The molecule has 0 radical (unpaired) electrons. The van der Waals surface area contributed by atoms with E-state index in [1.807, 2.05) is 13.8 Å². The van der Waals surface area contributed by atoms with Crippen molar-refractivity contribution < 1.29 is 13.2 Å². The minimum atomic E-state index is -4.34. The molecule has 5 heteroatoms. The van der Waals surface area contributed by atoms with Crippen molar-refractivity contribution in [3.8, 4) is 0 Å². The first kappa shape index (κ1) is 12.8. The summed E-state index contributed by atoms with van der Waals surface area (Å²) in [6.07, 6.45) is -3.45. The van der Waals surface area contributed by atoms with Crippen LogP contribution in [0.1, 0.15) is 31.0 Å². The molecule has 0 atom stereocenters. The summed E-state index contributed by atoms with van der Waals surface area (Å²) in [5, 5.41) is 0. The highest BCUT2D eigenvalue weighted by Gasteiger charge is 2.32. The number of hydrogen-bond donors (Lipinski definition) is 0. The average molecular weight is 232 g/mol. The van der Waals surface area contributed by atoms with Gasteiger partial charge in [-0.3, -0.25) is 4.98 Å². The number of anilines is 1. The van der Waals surface area contributed by atoms with Crippen molar-refractivity contribution in [2.24, 2.45) is 0 Å². The van der Waals surface area contributed by atoms with Gasteiger partial charge >= 0.3 is 6.18 Å². The first-order valence-electron chi connectivity index (χ1n) is 4.98. The molecule has 1 heterocycles. The third-order valence-corrected chi connectivity index (χ3v) is 2.25. The molecule has 0 saturated heterocycles. The van der Waals surface area contributed by atoms with Crippen LogP contribution in [0.4, 0.5) is 18.9 Å². The Balaban J connectivity index is 3.29. The number of alkyl halides is 3. The second kappa shape index (κ2) is 4.31. The number of halogens is 3. The van der Waals surface area contributed by atoms with E-state index in [1.165, 1.54) is 0 Å². The predicted octanol–water partition coefficient (Wildman–Crippen LogP) is 3.29. The molecule has 0 spiro atoms. The molecule has 1 rings (SSSR count). The van der Waals surface area contributed by atoms with Crippen LogP contribution in [-0.4, -0.2) is 19.1 Å². The lowest BCUT2D eigenvalue weighted by atomic mass is 10.1. The molecule has 2 nitrogen and oxygen atoms in total. The fourth-order valence-electron chi connectivity index (χ4n) is 1.42. The first-order chi connectivity index (χ1) is 7.23. The third-order valence-electron chi connectivity index (χ3n) is 2.25. The maximum Gasteiger partial charge on any atom is 0.417 e. The summed E-state index contributed by atoms with van der Waals surface area (Å²) in [6, 6.07) is 1.14. The van der Waals surface area contributed by atoms with Crippen LogP contribution in [-0.2, 0) is 6.18 Å². The predicted molar refractivity (Wildman–Crippen MR) is 57.7 cm³/mol. The van der Waals surface area contributed by atoms with Crippen molar-refractivity contribution >= 4 is 5.69 Å². The molecule has 16 heavy (non-hydrogen) atoms. The second-order valence-electron chi connectivity index (χ2n) is 4.18. The quantitative estimate of drug-likeness (QED) is 0.777. The van der Waals surface area contributed by atoms with Crippen molar-refractivity contribution in [3.05, 3.63) is 23.5 Å². The number of hydrogen-bond acceptors (Lipinski definition) is 2. The molecular formula is C11H15F3N2. The van der Waals surface area contributed by atoms with E-state index in [4.69, 9.17) is 0 Å². The summed E-state index contributed by atoms with van der Waals surface area (Å²) in [7, 11) is 3.42. The van der Waals surface area contributed by atoms with Crippen LogP contribution < -0.4 is 4.90 Å². The van der Waals surface area contributed by atoms with Crippen LogP contribution in [0.15, 0.2) is 12.3 Å². The highest BCUT2D eigenvalue weighted by molar-refractivity contribution is 5.52. The third kappa shape index (κ3) is 2.65. The Morgan fingerprint density at radius 3 is 2.19 bits per heavy atom. The zero-order valence-corrected chi connectivity index (χ0v) is 9.76. The number of rotatable bonds is 2. The Labute approximate surface area is 93.1 Å². The molecule has 0 fully saturated rings. The molecule has 1 aromatic heterocycles. The van der Waals surface area contributed by atoms with Gasteiger partial charge in [-0.15, -0.1) is 0 Å². The maximum atomic E-state index is 12.5. The summed E-state index contributed by atoms with van der Waals surface area (Å²) in [4.78, 5) is 5.55. The second-order valence-corrected chi connectivity index (χ2v) is 4.18. The van der Waals surface area contributed by atoms with Gasteiger partial charge in [-0.1, -0.05) is 13.8 Å². The molecule has 0 aliphatic rings. The number of nitrogens with zero attached hydrogens (tertiary/aromatic N) is 2. The fraction of sp³-hybridized carbons (Fsp3) is 0.545. The van der Waals surface area contributed by atoms with Crippen LogP contribution in [0, 0.1) is 0 Å². The Bertz CT molecular complexity index is 370. The van der Waals surface area contributed by atoms with Gasteiger partial charge in [0.1, 0.15) is 0 Å². The lowest BCUT2D eigenvalue weighted by Gasteiger charge is -2.20. The highest BCUT2D eigenvalue weighted by Crippen LogP contribution is 2.33. The Kier molecular flexibility index (Phi) is 3.45. The zero-order valence-electron chi connectivity index (χ0n) is 9.76. The van der Waals surface area contributed by atoms with E-state index in [0.29, 0.717) is 11.4 Å². The summed E-state index contributed by atoms with van der Waals surface area (Å²) >= 11 is 0. The van der Waals surface area contributed by atoms with Crippen molar-refractivity contribution in [1.82, 2.24) is 4.98 Å². The van der Waals surface area contributed by atoms with Gasteiger partial charge in [0.25, 0.3) is 0 Å². The largest absolute Gasteiger partial charge is 0.417 e. The van der Waals surface area contributed by atoms with Crippen molar-refractivity contribution in [2.75, 3.05) is 19.0 Å². The fourth-order valence-corrected chi connectivity index (χ4v) is 1.42. The molecule has 0 unspecified atom stereocenters. The smallest absolute Gasteiger partial charge is 0.376 e. The van der Waals surface area contributed by atoms with Crippen molar-refractivity contribution in [2.45, 2.75) is 25.9 Å². The standard InChI is InChI=1S/C11H15F3N2/c1-7(2)10-9(16(3)4)5-8(6-15-10)11(12,13)14/h5-7H,1-4H3. The van der Waals surface area contributed by atoms with E-state index in [1.54, 1.807) is 19.0 Å². The normalized spacial score (nSPS) is 12.0. The highest BCUT2D eigenvalue weighted by atomic mass is 19.4. The minimum Gasteiger partial charge on any atom is -0.376 e. The van der Waals surface area contributed by atoms with Gasteiger partial charge in [0.15, 0.2) is 0 Å². The summed E-state index contributed by atoms with van der Waals surface area (Å²) in [6.45, 7) is 3.81. The monoisotopic (exact) mass is 232 g/mol. The van der Waals surface area contributed by atoms with Crippen LogP contribution >= 0.6 is 0 Å². The van der Waals surface area contributed by atoms with Crippen LogP contribution in [0.5, 0.6) is 0 Å². The Hall–Kier alpha value is -1.26. The molecule has 0 N–H and O–H groups in total. The number of aromatic nitrogens is 1. The average Bonchev–Trinajstić information content (AvgIpc) is 2.15. The van der Waals surface area contributed by atoms with Gasteiger partial charge in [-0.25, -0.2) is 0 Å². The Morgan fingerprint density at radius 1 is 1.25 bits per heavy atom. The van der Waals surface area contributed by atoms with E-state index in [-0.39, 0.29) is 5.92 Å². The number of pyridine rings is 1. The lowest BCUT2D eigenvalue weighted by Crippen LogP contribution is -2.16. The van der Waals surface area contributed by atoms with E-state index in [9.17, 15) is 13.2 Å². The van der Waals surface area contributed by atoms with E-state index in [2.05, 4.69) is 4.98 Å². The van der Waals surface area contributed by atoms with E-state index >= 15 is 0 Å². The molecule has 0 saturated carbocycles. The van der Waals surface area contributed by atoms with Gasteiger partial charge in [-0.05, 0) is 12.0 Å². The summed E-state index contributed by atoms with van der Waals surface area (Å²) in [5.41, 5.74) is 0.489. The van der Waals surface area contributed by atoms with Gasteiger partial charge in [0.05, 0.1) is 16.9 Å². The van der Waals surface area contributed by atoms with Gasteiger partial charge in [-0.2, -0.15) is 13.2 Å². The molecule has 1 aromatic rings. The maximum absolute atomic E-state index is 12.5. The Morgan fingerprint density at radius 2 is 1.81 bits per heavy atom. The lowest BCUT2D eigenvalue weighted by molar-refractivity contribution is -0.137. The molecular weight excluding hydrogens is 217 g/mol. The SMILES string of the molecule is CC(C)c1ncc(C(F)(F)F)cc1N(C)C. The summed E-state index contributed by atoms with van der Waals surface area (Å²) in [5.74, 6) is 0.0969. The van der Waals surface area contributed by atoms with E-state index < -0.39 is 11.7 Å². The van der Waals surface area contributed by atoms with Crippen LogP contribution in [0.25, 0.3) is 0 Å². The zero-order chi connectivity index (χ0) is 12.5. The topological polar surface area (TPSA) is 16.1 Å². The van der Waals surface area contributed by atoms with Gasteiger partial charge in [0, 0.05) is 20.3 Å². The van der Waals surface area contributed by atoms with Gasteiger partial charge < -0.3 is 4.90 Å². The molecule has 0 aromatic carbocycles. The first-order valence-corrected chi connectivity index (χ1v) is 4.98. The molecule has 0 amide bonds. The molecule has 90 valence electrons. The minimum absolute atomic E-state index is 0.0969. The molecule has 0 aliphatic carbocycles. The van der Waals surface area contributed by atoms with Crippen LogP contribution in [0.3, 0.4) is 0 Å². The van der Waals surface area contributed by atoms with Crippen molar-refractivity contribution in [3.63, 3.8) is 0 Å². The molecule has 0 aliphatic heterocycles. The van der Waals surface area contributed by atoms with Crippen molar-refractivity contribution in [1.29, 1.82) is 0 Å². The molecule has 0 bridgehead atoms.